The number of carbonyl (C=O) groups is 2. The molecule has 5 nitrogen and oxygen atoms in total. The highest BCUT2D eigenvalue weighted by atomic mass is 32.1. The molecule has 2 N–H and O–H groups in total. The van der Waals surface area contributed by atoms with Crippen molar-refractivity contribution in [2.75, 3.05) is 0 Å². The van der Waals surface area contributed by atoms with Crippen molar-refractivity contribution in [1.82, 2.24) is 10.3 Å². The van der Waals surface area contributed by atoms with Gasteiger partial charge in [-0.25, -0.2) is 9.78 Å². The molecular formula is C16H18N2O3S. The van der Waals surface area contributed by atoms with E-state index in [9.17, 15) is 9.59 Å². The molecule has 0 saturated heterocycles. The largest absolute Gasteiger partial charge is 0.478 e. The summed E-state index contributed by atoms with van der Waals surface area (Å²) >= 11 is 1.59. The van der Waals surface area contributed by atoms with Crippen LogP contribution in [-0.2, 0) is 17.8 Å². The van der Waals surface area contributed by atoms with Gasteiger partial charge in [0.05, 0.1) is 22.8 Å². The van der Waals surface area contributed by atoms with Crippen molar-refractivity contribution >= 4 is 23.2 Å². The second kappa shape index (κ2) is 7.17. The lowest BCUT2D eigenvalue weighted by atomic mass is 10.1. The summed E-state index contributed by atoms with van der Waals surface area (Å²) in [5.74, 6) is -0.965. The van der Waals surface area contributed by atoms with E-state index in [1.807, 2.05) is 13.8 Å². The number of aromatic carboxylic acids is 1. The topological polar surface area (TPSA) is 79.3 Å². The Kier molecular flexibility index (Phi) is 5.27. The molecule has 0 saturated carbocycles. The molecule has 2 rings (SSSR count). The van der Waals surface area contributed by atoms with Gasteiger partial charge in [0.2, 0.25) is 5.91 Å². The van der Waals surface area contributed by atoms with E-state index in [0.717, 1.165) is 21.1 Å². The number of rotatable bonds is 6. The lowest BCUT2D eigenvalue weighted by Crippen LogP contribution is -2.22. The van der Waals surface area contributed by atoms with Crippen LogP contribution in [0.3, 0.4) is 0 Å². The molecule has 0 atom stereocenters. The van der Waals surface area contributed by atoms with E-state index in [1.54, 1.807) is 35.6 Å². The minimum absolute atomic E-state index is 0.0206. The highest BCUT2D eigenvalue weighted by molar-refractivity contribution is 7.11. The van der Waals surface area contributed by atoms with Crippen LogP contribution in [0, 0.1) is 13.8 Å². The predicted octanol–water partition coefficient (Wildman–Crippen LogP) is 2.71. The molecule has 22 heavy (non-hydrogen) atoms. The highest BCUT2D eigenvalue weighted by Gasteiger charge is 2.08. The van der Waals surface area contributed by atoms with Gasteiger partial charge in [-0.3, -0.25) is 4.79 Å². The summed E-state index contributed by atoms with van der Waals surface area (Å²) in [7, 11) is 0. The molecule has 0 unspecified atom stereocenters. The maximum Gasteiger partial charge on any atom is 0.335 e. The molecular weight excluding hydrogens is 300 g/mol. The average Bonchev–Trinajstić information content (AvgIpc) is 2.81. The summed E-state index contributed by atoms with van der Waals surface area (Å²) in [6.07, 6.45) is 0.968. The van der Waals surface area contributed by atoms with Crippen LogP contribution in [0.25, 0.3) is 0 Å². The van der Waals surface area contributed by atoms with Gasteiger partial charge in [-0.05, 0) is 38.0 Å². The lowest BCUT2D eigenvalue weighted by Gasteiger charge is -2.05. The number of nitrogens with zero attached hydrogens (tertiary/aromatic N) is 1. The third-order valence-corrected chi connectivity index (χ3v) is 4.36. The monoisotopic (exact) mass is 318 g/mol. The Morgan fingerprint density at radius 1 is 1.23 bits per heavy atom. The van der Waals surface area contributed by atoms with E-state index in [1.165, 1.54) is 0 Å². The summed E-state index contributed by atoms with van der Waals surface area (Å²) in [6.45, 7) is 4.40. The second-order valence-electron chi connectivity index (χ2n) is 5.02. The number of aromatic nitrogens is 1. The zero-order chi connectivity index (χ0) is 16.1. The fraction of sp³-hybridized carbons (Fsp3) is 0.312. The zero-order valence-corrected chi connectivity index (χ0v) is 13.4. The molecule has 1 amide bonds. The lowest BCUT2D eigenvalue weighted by molar-refractivity contribution is -0.121. The maximum atomic E-state index is 11.9. The highest BCUT2D eigenvalue weighted by Crippen LogP contribution is 2.16. The number of carboxylic acids is 1. The molecule has 6 heteroatoms. The number of nitrogens with one attached hydrogen (secondary N) is 1. The average molecular weight is 318 g/mol. The van der Waals surface area contributed by atoms with Crippen LogP contribution >= 0.6 is 11.3 Å². The Hall–Kier alpha value is -2.21. The molecule has 0 bridgehead atoms. The number of thiazole rings is 1. The van der Waals surface area contributed by atoms with Gasteiger partial charge >= 0.3 is 5.97 Å². The van der Waals surface area contributed by atoms with Gasteiger partial charge in [-0.1, -0.05) is 12.1 Å². The minimum atomic E-state index is -0.945. The van der Waals surface area contributed by atoms with E-state index in [-0.39, 0.29) is 11.5 Å². The number of carbonyl (C=O) groups excluding carboxylic acids is 1. The first-order valence-corrected chi connectivity index (χ1v) is 7.79. The molecule has 1 aromatic carbocycles. The van der Waals surface area contributed by atoms with Gasteiger partial charge in [0.25, 0.3) is 0 Å². The van der Waals surface area contributed by atoms with Crippen LogP contribution in [0.15, 0.2) is 24.3 Å². The van der Waals surface area contributed by atoms with Crippen molar-refractivity contribution in [1.29, 1.82) is 0 Å². The van der Waals surface area contributed by atoms with Crippen molar-refractivity contribution in [2.45, 2.75) is 33.2 Å². The maximum absolute atomic E-state index is 11.9. The van der Waals surface area contributed by atoms with Crippen molar-refractivity contribution in [3.8, 4) is 0 Å². The first kappa shape index (κ1) is 16.2. The second-order valence-corrected chi connectivity index (χ2v) is 6.31. The van der Waals surface area contributed by atoms with Gasteiger partial charge in [-0.2, -0.15) is 0 Å². The van der Waals surface area contributed by atoms with Crippen LogP contribution in [-0.4, -0.2) is 22.0 Å². The van der Waals surface area contributed by atoms with Crippen molar-refractivity contribution in [3.63, 3.8) is 0 Å². The molecule has 1 aromatic heterocycles. The SMILES string of the molecule is Cc1nc(C)c(CNC(=O)CCc2ccc(C(=O)O)cc2)s1. The van der Waals surface area contributed by atoms with Crippen molar-refractivity contribution in [3.05, 3.63) is 51.0 Å². The number of hydrogen-bond donors (Lipinski definition) is 2. The Morgan fingerprint density at radius 2 is 1.91 bits per heavy atom. The predicted molar refractivity (Wildman–Crippen MR) is 85.2 cm³/mol. The van der Waals surface area contributed by atoms with E-state index in [2.05, 4.69) is 10.3 Å². The van der Waals surface area contributed by atoms with Crippen molar-refractivity contribution < 1.29 is 14.7 Å². The quantitative estimate of drug-likeness (QED) is 0.858. The molecule has 0 spiro atoms. The van der Waals surface area contributed by atoms with E-state index in [4.69, 9.17) is 5.11 Å². The Labute approximate surface area is 133 Å². The van der Waals surface area contributed by atoms with Gasteiger partial charge in [0.1, 0.15) is 0 Å². The third kappa shape index (κ3) is 4.39. The smallest absolute Gasteiger partial charge is 0.335 e. The number of benzene rings is 1. The Morgan fingerprint density at radius 3 is 2.45 bits per heavy atom. The molecule has 2 aromatic rings. The van der Waals surface area contributed by atoms with Gasteiger partial charge in [0.15, 0.2) is 0 Å². The molecule has 0 fully saturated rings. The van der Waals surface area contributed by atoms with Crippen LogP contribution in [0.4, 0.5) is 0 Å². The fourth-order valence-electron chi connectivity index (χ4n) is 2.08. The summed E-state index contributed by atoms with van der Waals surface area (Å²) in [6, 6.07) is 6.60. The van der Waals surface area contributed by atoms with E-state index >= 15 is 0 Å². The molecule has 0 aliphatic rings. The molecule has 116 valence electrons. The molecule has 0 radical (unpaired) electrons. The first-order valence-electron chi connectivity index (χ1n) is 6.97. The summed E-state index contributed by atoms with van der Waals surface area (Å²) < 4.78 is 0. The summed E-state index contributed by atoms with van der Waals surface area (Å²) in [5.41, 5.74) is 2.17. The third-order valence-electron chi connectivity index (χ3n) is 3.29. The number of carboxylic acid groups (broad SMARTS) is 1. The Balaban J connectivity index is 1.80. The zero-order valence-electron chi connectivity index (χ0n) is 12.5. The number of amides is 1. The van der Waals surface area contributed by atoms with Crippen LogP contribution in [0.2, 0.25) is 0 Å². The number of hydrogen-bond acceptors (Lipinski definition) is 4. The Bertz CT molecular complexity index is 677. The van der Waals surface area contributed by atoms with Crippen LogP contribution in [0.1, 0.15) is 37.9 Å². The van der Waals surface area contributed by atoms with Gasteiger partial charge in [0, 0.05) is 11.3 Å². The molecule has 1 heterocycles. The summed E-state index contributed by atoms with van der Waals surface area (Å²) in [5, 5.41) is 12.7. The van der Waals surface area contributed by atoms with E-state index < -0.39 is 5.97 Å². The summed E-state index contributed by atoms with van der Waals surface area (Å²) in [4.78, 5) is 28.0. The normalized spacial score (nSPS) is 10.5. The first-order chi connectivity index (χ1) is 10.5. The fourth-order valence-corrected chi connectivity index (χ4v) is 2.95. The van der Waals surface area contributed by atoms with E-state index in [0.29, 0.717) is 19.4 Å². The van der Waals surface area contributed by atoms with Gasteiger partial charge < -0.3 is 10.4 Å². The minimum Gasteiger partial charge on any atom is -0.478 e. The molecule has 0 aliphatic heterocycles. The van der Waals surface area contributed by atoms with Gasteiger partial charge in [-0.15, -0.1) is 11.3 Å². The molecule has 0 aliphatic carbocycles. The number of aryl methyl sites for hydroxylation is 3. The van der Waals surface area contributed by atoms with Crippen LogP contribution < -0.4 is 5.32 Å². The standard InChI is InChI=1S/C16H18N2O3S/c1-10-14(22-11(2)18-10)9-17-15(19)8-5-12-3-6-13(7-4-12)16(20)21/h3-4,6-7H,5,8-9H2,1-2H3,(H,17,19)(H,20,21). The van der Waals surface area contributed by atoms with Crippen LogP contribution in [0.5, 0.6) is 0 Å². The van der Waals surface area contributed by atoms with Crippen molar-refractivity contribution in [2.24, 2.45) is 0 Å².